The minimum Gasteiger partial charge on any atom is -0.481 e. The summed E-state index contributed by atoms with van der Waals surface area (Å²) in [6, 6.07) is 0. The molecule has 0 spiro atoms. The van der Waals surface area contributed by atoms with E-state index in [9.17, 15) is 9.90 Å². The Bertz CT molecular complexity index is 211. The minimum atomic E-state index is -0.595. The lowest BCUT2D eigenvalue weighted by molar-refractivity contribution is -0.143. The summed E-state index contributed by atoms with van der Waals surface area (Å²) in [6.07, 6.45) is 8.99. The van der Waals surface area contributed by atoms with Crippen molar-refractivity contribution in [2.24, 2.45) is 17.8 Å². The number of hydrogen-bond acceptors (Lipinski definition) is 1. The van der Waals surface area contributed by atoms with Crippen molar-refractivity contribution >= 4 is 5.97 Å². The summed E-state index contributed by atoms with van der Waals surface area (Å²) in [5.74, 6) is 0.370. The molecule has 0 aromatic heterocycles. The molecule has 1 N–H and O–H groups in total. The first-order chi connectivity index (χ1) is 8.49. The predicted octanol–water partition coefficient (Wildman–Crippen LogP) is 5.12. The highest BCUT2D eigenvalue weighted by Gasteiger charge is 2.23. The molecule has 18 heavy (non-hydrogen) atoms. The van der Waals surface area contributed by atoms with Crippen molar-refractivity contribution in [1.82, 2.24) is 0 Å². The van der Waals surface area contributed by atoms with Gasteiger partial charge in [-0.15, -0.1) is 0 Å². The average molecular weight is 256 g/mol. The van der Waals surface area contributed by atoms with E-state index < -0.39 is 5.97 Å². The van der Waals surface area contributed by atoms with Gasteiger partial charge in [-0.25, -0.2) is 0 Å². The highest BCUT2D eigenvalue weighted by Crippen LogP contribution is 2.24. The van der Waals surface area contributed by atoms with Crippen LogP contribution < -0.4 is 0 Å². The van der Waals surface area contributed by atoms with Crippen LogP contribution in [0.1, 0.15) is 79.1 Å². The van der Waals surface area contributed by atoms with Crippen LogP contribution >= 0.6 is 0 Å². The molecular weight excluding hydrogens is 224 g/mol. The largest absolute Gasteiger partial charge is 0.481 e. The van der Waals surface area contributed by atoms with Gasteiger partial charge < -0.3 is 5.11 Å². The molecule has 0 rings (SSSR count). The molecule has 0 saturated heterocycles. The molecule has 0 radical (unpaired) electrons. The molecule has 0 heterocycles. The molecule has 0 fully saturated rings. The molecule has 0 aliphatic rings. The first-order valence-corrected chi connectivity index (χ1v) is 7.71. The maximum atomic E-state index is 11.3. The molecule has 0 aromatic carbocycles. The zero-order valence-electron chi connectivity index (χ0n) is 12.7. The van der Waals surface area contributed by atoms with Crippen molar-refractivity contribution in [3.63, 3.8) is 0 Å². The van der Waals surface area contributed by atoms with E-state index in [1.807, 2.05) is 0 Å². The van der Waals surface area contributed by atoms with Gasteiger partial charge in [-0.1, -0.05) is 66.2 Å². The quantitative estimate of drug-likeness (QED) is 0.521. The fourth-order valence-corrected chi connectivity index (χ4v) is 2.47. The molecule has 0 amide bonds. The van der Waals surface area contributed by atoms with E-state index in [4.69, 9.17) is 0 Å². The summed E-state index contributed by atoms with van der Waals surface area (Å²) in [4.78, 5) is 11.3. The molecule has 2 nitrogen and oxygen atoms in total. The van der Waals surface area contributed by atoms with Gasteiger partial charge in [0.1, 0.15) is 0 Å². The fourth-order valence-electron chi connectivity index (χ4n) is 2.47. The van der Waals surface area contributed by atoms with Gasteiger partial charge in [-0.2, -0.15) is 0 Å². The second-order valence-electron chi connectivity index (χ2n) is 6.10. The fraction of sp³-hybridized carbons (Fsp3) is 0.938. The van der Waals surface area contributed by atoms with Crippen molar-refractivity contribution in [2.45, 2.75) is 79.1 Å². The van der Waals surface area contributed by atoms with E-state index in [1.165, 1.54) is 19.3 Å². The lowest BCUT2D eigenvalue weighted by atomic mass is 9.85. The summed E-state index contributed by atoms with van der Waals surface area (Å²) in [7, 11) is 0. The second kappa shape index (κ2) is 10.4. The van der Waals surface area contributed by atoms with Gasteiger partial charge in [0.15, 0.2) is 0 Å². The van der Waals surface area contributed by atoms with Gasteiger partial charge in [0, 0.05) is 0 Å². The number of carbonyl (C=O) groups is 1. The van der Waals surface area contributed by atoms with Crippen molar-refractivity contribution < 1.29 is 9.90 Å². The highest BCUT2D eigenvalue weighted by molar-refractivity contribution is 5.70. The van der Waals surface area contributed by atoms with Crippen molar-refractivity contribution in [3.8, 4) is 0 Å². The van der Waals surface area contributed by atoms with Gasteiger partial charge in [0.2, 0.25) is 0 Å². The number of carboxylic acids is 1. The monoisotopic (exact) mass is 256 g/mol. The van der Waals surface area contributed by atoms with E-state index >= 15 is 0 Å². The Hall–Kier alpha value is -0.530. The van der Waals surface area contributed by atoms with Gasteiger partial charge in [-0.05, 0) is 24.7 Å². The molecule has 2 unspecified atom stereocenters. The van der Waals surface area contributed by atoms with Crippen LogP contribution in [-0.2, 0) is 4.79 Å². The Morgan fingerprint density at radius 2 is 1.56 bits per heavy atom. The SMILES string of the molecule is CCCCC(C)C(CCCCCC(C)C)C(=O)O. The normalized spacial score (nSPS) is 14.7. The van der Waals surface area contributed by atoms with Crippen LogP contribution in [0.4, 0.5) is 0 Å². The van der Waals surface area contributed by atoms with Gasteiger partial charge in [0.05, 0.1) is 5.92 Å². The Balaban J connectivity index is 3.86. The molecular formula is C16H32O2. The molecule has 2 atom stereocenters. The second-order valence-corrected chi connectivity index (χ2v) is 6.10. The molecule has 0 saturated carbocycles. The summed E-state index contributed by atoms with van der Waals surface area (Å²) in [5, 5.41) is 9.29. The number of rotatable bonds is 11. The third-order valence-corrected chi connectivity index (χ3v) is 3.81. The van der Waals surface area contributed by atoms with E-state index in [1.54, 1.807) is 0 Å². The number of carboxylic acid groups (broad SMARTS) is 1. The zero-order valence-corrected chi connectivity index (χ0v) is 12.7. The van der Waals surface area contributed by atoms with Gasteiger partial charge >= 0.3 is 5.97 Å². The number of aliphatic carboxylic acids is 1. The van der Waals surface area contributed by atoms with Crippen molar-refractivity contribution in [1.29, 1.82) is 0 Å². The van der Waals surface area contributed by atoms with Crippen LogP contribution in [0.5, 0.6) is 0 Å². The minimum absolute atomic E-state index is 0.129. The lowest BCUT2D eigenvalue weighted by Gasteiger charge is -2.20. The molecule has 0 bridgehead atoms. The molecule has 0 aliphatic heterocycles. The Labute approximate surface area is 113 Å². The van der Waals surface area contributed by atoms with E-state index in [0.29, 0.717) is 5.92 Å². The highest BCUT2D eigenvalue weighted by atomic mass is 16.4. The van der Waals surface area contributed by atoms with Crippen LogP contribution in [-0.4, -0.2) is 11.1 Å². The smallest absolute Gasteiger partial charge is 0.306 e. The topological polar surface area (TPSA) is 37.3 Å². The van der Waals surface area contributed by atoms with Gasteiger partial charge in [-0.3, -0.25) is 4.79 Å². The number of hydrogen-bond donors (Lipinski definition) is 1. The van der Waals surface area contributed by atoms with Crippen LogP contribution in [0.2, 0.25) is 0 Å². The molecule has 108 valence electrons. The Kier molecular flexibility index (Phi) is 10.1. The predicted molar refractivity (Wildman–Crippen MR) is 77.7 cm³/mol. The van der Waals surface area contributed by atoms with Crippen molar-refractivity contribution in [3.05, 3.63) is 0 Å². The molecule has 0 aromatic rings. The van der Waals surface area contributed by atoms with Crippen molar-refractivity contribution in [2.75, 3.05) is 0 Å². The van der Waals surface area contributed by atoms with Gasteiger partial charge in [0.25, 0.3) is 0 Å². The summed E-state index contributed by atoms with van der Waals surface area (Å²) in [6.45, 7) is 8.75. The third kappa shape index (κ3) is 8.54. The van der Waals surface area contributed by atoms with Crippen LogP contribution in [0.25, 0.3) is 0 Å². The molecule has 0 aliphatic carbocycles. The average Bonchev–Trinajstić information content (AvgIpc) is 2.29. The summed E-state index contributed by atoms with van der Waals surface area (Å²) < 4.78 is 0. The number of unbranched alkanes of at least 4 members (excludes halogenated alkanes) is 3. The molecule has 2 heteroatoms. The summed E-state index contributed by atoms with van der Waals surface area (Å²) in [5.41, 5.74) is 0. The van der Waals surface area contributed by atoms with E-state index in [0.717, 1.165) is 38.0 Å². The maximum absolute atomic E-state index is 11.3. The Morgan fingerprint density at radius 1 is 0.944 bits per heavy atom. The zero-order chi connectivity index (χ0) is 14.0. The maximum Gasteiger partial charge on any atom is 0.306 e. The summed E-state index contributed by atoms with van der Waals surface area (Å²) >= 11 is 0. The van der Waals surface area contributed by atoms with E-state index in [2.05, 4.69) is 27.7 Å². The lowest BCUT2D eigenvalue weighted by Crippen LogP contribution is -2.21. The van der Waals surface area contributed by atoms with E-state index in [-0.39, 0.29) is 5.92 Å². The Morgan fingerprint density at radius 3 is 2.06 bits per heavy atom. The van der Waals surface area contributed by atoms with Crippen LogP contribution in [0.3, 0.4) is 0 Å². The third-order valence-electron chi connectivity index (χ3n) is 3.81. The standard InChI is InChI=1S/C16H32O2/c1-5-6-11-14(4)15(16(17)18)12-9-7-8-10-13(2)3/h13-15H,5-12H2,1-4H3,(H,17,18). The first kappa shape index (κ1) is 17.5. The van der Waals surface area contributed by atoms with Crippen LogP contribution in [0, 0.1) is 17.8 Å². The van der Waals surface area contributed by atoms with Crippen LogP contribution in [0.15, 0.2) is 0 Å². The first-order valence-electron chi connectivity index (χ1n) is 7.71.